The SMILES string of the molecule is CC1CC=C(CON2CCC(C)CCCNC2c2ccccc2)CC1. The second kappa shape index (κ2) is 9.51. The molecule has 0 saturated carbocycles. The smallest absolute Gasteiger partial charge is 0.110 e. The molecule has 1 heterocycles. The maximum atomic E-state index is 6.37. The van der Waals surface area contributed by atoms with E-state index in [1.165, 1.54) is 49.7 Å². The number of allylic oxidation sites excluding steroid dienone is 1. The van der Waals surface area contributed by atoms with Crippen molar-refractivity contribution in [3.05, 3.63) is 47.5 Å². The Morgan fingerprint density at radius 3 is 2.68 bits per heavy atom. The van der Waals surface area contributed by atoms with Gasteiger partial charge in [-0.3, -0.25) is 10.2 Å². The van der Waals surface area contributed by atoms with Crippen molar-refractivity contribution in [2.75, 3.05) is 19.7 Å². The number of nitrogens with zero attached hydrogens (tertiary/aromatic N) is 1. The molecule has 1 aromatic carbocycles. The van der Waals surface area contributed by atoms with Crippen molar-refractivity contribution in [1.29, 1.82) is 0 Å². The second-order valence-electron chi connectivity index (χ2n) is 7.96. The average Bonchev–Trinajstić information content (AvgIpc) is 2.73. The Bertz CT molecular complexity index is 542. The molecule has 2 aliphatic rings. The van der Waals surface area contributed by atoms with Crippen molar-refractivity contribution < 1.29 is 4.84 Å². The van der Waals surface area contributed by atoms with Crippen LogP contribution in [0.5, 0.6) is 0 Å². The van der Waals surface area contributed by atoms with Crippen LogP contribution in [0.3, 0.4) is 0 Å². The number of nitrogens with one attached hydrogen (secondary N) is 1. The van der Waals surface area contributed by atoms with Gasteiger partial charge in [0, 0.05) is 6.54 Å². The molecule has 25 heavy (non-hydrogen) atoms. The van der Waals surface area contributed by atoms with E-state index in [1.54, 1.807) is 0 Å². The van der Waals surface area contributed by atoms with E-state index >= 15 is 0 Å². The maximum Gasteiger partial charge on any atom is 0.110 e. The Kier molecular flexibility index (Phi) is 7.09. The first-order valence-corrected chi connectivity index (χ1v) is 10.1. The molecule has 3 nitrogen and oxygen atoms in total. The fourth-order valence-corrected chi connectivity index (χ4v) is 3.79. The van der Waals surface area contributed by atoms with Gasteiger partial charge in [0.25, 0.3) is 0 Å². The number of rotatable bonds is 4. The van der Waals surface area contributed by atoms with E-state index in [4.69, 9.17) is 4.84 Å². The average molecular weight is 343 g/mol. The summed E-state index contributed by atoms with van der Waals surface area (Å²) in [5.74, 6) is 1.59. The predicted molar refractivity (Wildman–Crippen MR) is 104 cm³/mol. The molecule has 1 aliphatic carbocycles. The van der Waals surface area contributed by atoms with Crippen LogP contribution in [0.25, 0.3) is 0 Å². The van der Waals surface area contributed by atoms with Gasteiger partial charge in [-0.2, -0.15) is 5.06 Å². The largest absolute Gasteiger partial charge is 0.296 e. The van der Waals surface area contributed by atoms with Gasteiger partial charge in [0.1, 0.15) is 6.17 Å². The lowest BCUT2D eigenvalue weighted by atomic mass is 9.91. The van der Waals surface area contributed by atoms with Crippen LogP contribution in [0.1, 0.15) is 64.1 Å². The highest BCUT2D eigenvalue weighted by atomic mass is 16.7. The van der Waals surface area contributed by atoms with Gasteiger partial charge in [-0.25, -0.2) is 0 Å². The molecule has 1 N–H and O–H groups in total. The quantitative estimate of drug-likeness (QED) is 0.773. The first-order chi connectivity index (χ1) is 12.2. The maximum absolute atomic E-state index is 6.37. The van der Waals surface area contributed by atoms with E-state index in [1.807, 2.05) is 0 Å². The Labute approximate surface area is 153 Å². The van der Waals surface area contributed by atoms with E-state index in [-0.39, 0.29) is 6.17 Å². The third kappa shape index (κ3) is 5.67. The Morgan fingerprint density at radius 2 is 1.92 bits per heavy atom. The van der Waals surface area contributed by atoms with Crippen LogP contribution in [-0.4, -0.2) is 24.8 Å². The van der Waals surface area contributed by atoms with E-state index in [0.717, 1.165) is 31.5 Å². The number of hydrogen-bond acceptors (Lipinski definition) is 3. The molecule has 0 radical (unpaired) electrons. The van der Waals surface area contributed by atoms with Gasteiger partial charge in [-0.05, 0) is 68.0 Å². The third-order valence-corrected chi connectivity index (χ3v) is 5.64. The molecule has 3 atom stereocenters. The van der Waals surface area contributed by atoms with E-state index in [2.05, 4.69) is 60.6 Å². The van der Waals surface area contributed by atoms with Gasteiger partial charge in [-0.1, -0.05) is 50.3 Å². The van der Waals surface area contributed by atoms with Gasteiger partial charge in [0.2, 0.25) is 0 Å². The molecule has 0 spiro atoms. The number of benzene rings is 1. The number of hydrogen-bond donors (Lipinski definition) is 1. The van der Waals surface area contributed by atoms with Crippen LogP contribution < -0.4 is 5.32 Å². The summed E-state index contributed by atoms with van der Waals surface area (Å²) in [6.07, 6.45) is 9.97. The molecule has 0 amide bonds. The molecule has 3 heteroatoms. The molecule has 1 fully saturated rings. The lowest BCUT2D eigenvalue weighted by Gasteiger charge is -2.32. The summed E-state index contributed by atoms with van der Waals surface area (Å²) in [4.78, 5) is 6.37. The molecule has 138 valence electrons. The summed E-state index contributed by atoms with van der Waals surface area (Å²) < 4.78 is 0. The van der Waals surface area contributed by atoms with Crippen LogP contribution >= 0.6 is 0 Å². The molecule has 1 saturated heterocycles. The molecule has 3 unspecified atom stereocenters. The van der Waals surface area contributed by atoms with Gasteiger partial charge < -0.3 is 0 Å². The van der Waals surface area contributed by atoms with Crippen molar-refractivity contribution in [2.45, 2.75) is 58.5 Å². The summed E-state index contributed by atoms with van der Waals surface area (Å²) in [7, 11) is 0. The van der Waals surface area contributed by atoms with Gasteiger partial charge >= 0.3 is 0 Å². The third-order valence-electron chi connectivity index (χ3n) is 5.64. The highest BCUT2D eigenvalue weighted by molar-refractivity contribution is 5.18. The van der Waals surface area contributed by atoms with Crippen molar-refractivity contribution >= 4 is 0 Å². The standard InChI is InChI=1S/C22H34N2O/c1-18-7-6-15-23-22(21-8-4-3-5-9-21)24(16-14-18)25-17-20-12-10-19(2)11-13-20/h3-5,8-9,12,18-19,22-23H,6-7,10-11,13-17H2,1-2H3. The van der Waals surface area contributed by atoms with Crippen LogP contribution in [0, 0.1) is 11.8 Å². The number of hydroxylamine groups is 2. The second-order valence-corrected chi connectivity index (χ2v) is 7.96. The molecule has 3 rings (SSSR count). The van der Waals surface area contributed by atoms with Gasteiger partial charge in [0.15, 0.2) is 0 Å². The van der Waals surface area contributed by atoms with Crippen molar-refractivity contribution in [1.82, 2.24) is 10.4 Å². The highest BCUT2D eigenvalue weighted by Crippen LogP contribution is 2.26. The van der Waals surface area contributed by atoms with E-state index in [0.29, 0.717) is 0 Å². The van der Waals surface area contributed by atoms with Crippen LogP contribution in [-0.2, 0) is 4.84 Å². The van der Waals surface area contributed by atoms with E-state index < -0.39 is 0 Å². The molecule has 1 aliphatic heterocycles. The van der Waals surface area contributed by atoms with Crippen molar-refractivity contribution in [3.8, 4) is 0 Å². The lowest BCUT2D eigenvalue weighted by molar-refractivity contribution is -0.190. The van der Waals surface area contributed by atoms with Gasteiger partial charge in [0.05, 0.1) is 6.61 Å². The first kappa shape index (κ1) is 18.6. The minimum Gasteiger partial charge on any atom is -0.296 e. The monoisotopic (exact) mass is 342 g/mol. The summed E-state index contributed by atoms with van der Waals surface area (Å²) in [6.45, 7) is 7.48. The van der Waals surface area contributed by atoms with Crippen LogP contribution in [0.15, 0.2) is 42.0 Å². The zero-order chi connectivity index (χ0) is 17.5. The molecule has 1 aromatic rings. The molecule has 0 aromatic heterocycles. The van der Waals surface area contributed by atoms with Crippen LogP contribution in [0.2, 0.25) is 0 Å². The summed E-state index contributed by atoms with van der Waals surface area (Å²) in [5, 5.41) is 5.93. The Hall–Kier alpha value is -1.16. The van der Waals surface area contributed by atoms with Crippen LogP contribution in [0.4, 0.5) is 0 Å². The first-order valence-electron chi connectivity index (χ1n) is 10.1. The lowest BCUT2D eigenvalue weighted by Crippen LogP contribution is -2.39. The minimum absolute atomic E-state index is 0.148. The fourth-order valence-electron chi connectivity index (χ4n) is 3.79. The van der Waals surface area contributed by atoms with Crippen molar-refractivity contribution in [2.24, 2.45) is 11.8 Å². The van der Waals surface area contributed by atoms with Gasteiger partial charge in [-0.15, -0.1) is 0 Å². The fraction of sp³-hybridized carbons (Fsp3) is 0.636. The predicted octanol–water partition coefficient (Wildman–Crippen LogP) is 5.07. The zero-order valence-corrected chi connectivity index (χ0v) is 15.9. The van der Waals surface area contributed by atoms with E-state index in [9.17, 15) is 0 Å². The topological polar surface area (TPSA) is 24.5 Å². The molecular formula is C22H34N2O. The normalized spacial score (nSPS) is 29.4. The summed E-state index contributed by atoms with van der Waals surface area (Å²) in [6, 6.07) is 10.7. The zero-order valence-electron chi connectivity index (χ0n) is 15.9. The highest BCUT2D eigenvalue weighted by Gasteiger charge is 2.23. The summed E-state index contributed by atoms with van der Waals surface area (Å²) >= 11 is 0. The Morgan fingerprint density at radius 1 is 1.08 bits per heavy atom. The Balaban J connectivity index is 1.69. The van der Waals surface area contributed by atoms with Crippen molar-refractivity contribution in [3.63, 3.8) is 0 Å². The molecular weight excluding hydrogens is 308 g/mol. The minimum atomic E-state index is 0.148. The summed E-state index contributed by atoms with van der Waals surface area (Å²) in [5.41, 5.74) is 2.76. The molecule has 0 bridgehead atoms.